The quantitative estimate of drug-likeness (QED) is 0.263. The smallest absolute Gasteiger partial charge is 0.258 e. The fraction of sp³-hybridized carbons (Fsp3) is 0. The number of hydrogen-bond donors (Lipinski definition) is 1. The number of aromatic amines is 1. The number of H-pyrrole nitrogens is 1. The molecule has 0 bridgehead atoms. The van der Waals surface area contributed by atoms with Crippen molar-refractivity contribution >= 4 is 22.4 Å². The number of nitro groups is 1. The van der Waals surface area contributed by atoms with Crippen molar-refractivity contribution in [1.29, 1.82) is 0 Å². The molecule has 1 aromatic carbocycles. The Morgan fingerprint density at radius 2 is 2.33 bits per heavy atom. The highest BCUT2D eigenvalue weighted by molar-refractivity contribution is 5.89. The van der Waals surface area contributed by atoms with Gasteiger partial charge in [0.25, 0.3) is 0 Å². The molecule has 0 amide bonds. The first kappa shape index (κ1) is 8.91. The second-order valence-corrected chi connectivity index (χ2v) is 2.57. The maximum atomic E-state index is 10.7. The molecule has 0 saturated heterocycles. The molecular formula is C6H3N7O2. The molecule has 0 aliphatic rings. The zero-order chi connectivity index (χ0) is 10.8. The zero-order valence-electron chi connectivity index (χ0n) is 7.15. The van der Waals surface area contributed by atoms with Gasteiger partial charge in [0, 0.05) is 4.91 Å². The first-order chi connectivity index (χ1) is 7.24. The number of azide groups is 1. The monoisotopic (exact) mass is 205 g/mol. The molecule has 0 radical (unpaired) electrons. The van der Waals surface area contributed by atoms with Crippen molar-refractivity contribution in [3.05, 3.63) is 32.7 Å². The van der Waals surface area contributed by atoms with Gasteiger partial charge in [-0.15, -0.1) is 5.10 Å². The minimum atomic E-state index is -0.658. The van der Waals surface area contributed by atoms with Gasteiger partial charge in [0.2, 0.25) is 0 Å². The van der Waals surface area contributed by atoms with Crippen LogP contribution in [-0.4, -0.2) is 20.3 Å². The number of benzene rings is 1. The van der Waals surface area contributed by atoms with Crippen LogP contribution >= 0.6 is 0 Å². The van der Waals surface area contributed by atoms with Crippen molar-refractivity contribution in [2.24, 2.45) is 5.11 Å². The highest BCUT2D eigenvalue weighted by atomic mass is 16.6. The van der Waals surface area contributed by atoms with Crippen LogP contribution < -0.4 is 0 Å². The second-order valence-electron chi connectivity index (χ2n) is 2.57. The highest BCUT2D eigenvalue weighted by Crippen LogP contribution is 2.33. The Hall–Kier alpha value is -2.67. The summed E-state index contributed by atoms with van der Waals surface area (Å²) in [4.78, 5) is 12.6. The van der Waals surface area contributed by atoms with Crippen LogP contribution in [0.15, 0.2) is 17.2 Å². The third-order valence-electron chi connectivity index (χ3n) is 1.78. The van der Waals surface area contributed by atoms with Crippen molar-refractivity contribution in [2.45, 2.75) is 0 Å². The topological polar surface area (TPSA) is 133 Å². The van der Waals surface area contributed by atoms with E-state index in [2.05, 4.69) is 25.4 Å². The summed E-state index contributed by atoms with van der Waals surface area (Å²) < 4.78 is 0. The average Bonchev–Trinajstić information content (AvgIpc) is 2.64. The fourth-order valence-electron chi connectivity index (χ4n) is 1.20. The Morgan fingerprint density at radius 1 is 1.53 bits per heavy atom. The lowest BCUT2D eigenvalue weighted by molar-refractivity contribution is -0.382. The van der Waals surface area contributed by atoms with Crippen molar-refractivity contribution in [1.82, 2.24) is 15.4 Å². The molecule has 9 heteroatoms. The Morgan fingerprint density at radius 3 is 3.00 bits per heavy atom. The summed E-state index contributed by atoms with van der Waals surface area (Å²) in [6, 6.07) is 2.80. The van der Waals surface area contributed by atoms with Gasteiger partial charge >= 0.3 is 5.69 Å². The Bertz CT molecular complexity index is 582. The minimum Gasteiger partial charge on any atom is -0.258 e. The van der Waals surface area contributed by atoms with E-state index in [-0.39, 0.29) is 16.9 Å². The van der Waals surface area contributed by atoms with Gasteiger partial charge in [-0.3, -0.25) is 10.1 Å². The number of nitrogens with one attached hydrogen (secondary N) is 1. The predicted octanol–water partition coefficient (Wildman–Crippen LogP) is 1.81. The van der Waals surface area contributed by atoms with Gasteiger partial charge in [-0.05, 0) is 17.7 Å². The van der Waals surface area contributed by atoms with Gasteiger partial charge in [-0.25, -0.2) is 0 Å². The van der Waals surface area contributed by atoms with Gasteiger partial charge in [0.05, 0.1) is 4.92 Å². The largest absolute Gasteiger partial charge is 0.308 e. The zero-order valence-corrected chi connectivity index (χ0v) is 7.15. The number of aromatic nitrogens is 3. The summed E-state index contributed by atoms with van der Waals surface area (Å²) in [5.41, 5.74) is 8.23. The first-order valence-corrected chi connectivity index (χ1v) is 3.77. The highest BCUT2D eigenvalue weighted by Gasteiger charge is 2.20. The molecule has 74 valence electrons. The Balaban J connectivity index is 2.86. The Labute approximate surface area is 81.5 Å². The summed E-state index contributed by atoms with van der Waals surface area (Å²) in [5, 5.41) is 23.5. The van der Waals surface area contributed by atoms with E-state index in [1.807, 2.05) is 0 Å². The van der Waals surface area contributed by atoms with Gasteiger partial charge < -0.3 is 0 Å². The van der Waals surface area contributed by atoms with Crippen molar-refractivity contribution < 1.29 is 4.92 Å². The third kappa shape index (κ3) is 1.32. The molecule has 0 spiro atoms. The number of hydrogen-bond acceptors (Lipinski definition) is 5. The summed E-state index contributed by atoms with van der Waals surface area (Å²) in [5.74, 6) is 0. The molecule has 0 fully saturated rings. The SMILES string of the molecule is [N-]=[N+]=Nc1ccc2n[nH]nc2c1[N+](=O)[O-]. The summed E-state index contributed by atoms with van der Waals surface area (Å²) in [7, 11) is 0. The molecule has 1 heterocycles. The van der Waals surface area contributed by atoms with E-state index in [4.69, 9.17) is 5.53 Å². The molecule has 2 rings (SSSR count). The van der Waals surface area contributed by atoms with Crippen LogP contribution in [-0.2, 0) is 0 Å². The van der Waals surface area contributed by atoms with Crippen molar-refractivity contribution in [3.63, 3.8) is 0 Å². The minimum absolute atomic E-state index is 0.0740. The summed E-state index contributed by atoms with van der Waals surface area (Å²) in [6.07, 6.45) is 0. The lowest BCUT2D eigenvalue weighted by Gasteiger charge is -1.94. The van der Waals surface area contributed by atoms with E-state index in [9.17, 15) is 10.1 Å². The standard InChI is InChI=1S/C6H3N7O2/c7-11-8-4-2-1-3-5(10-12-9-3)6(4)13(14)15/h1-2H,(H,9,10,12). The maximum Gasteiger partial charge on any atom is 0.308 e. The van der Waals surface area contributed by atoms with Crippen LogP contribution in [0.25, 0.3) is 21.5 Å². The van der Waals surface area contributed by atoms with Gasteiger partial charge in [-0.2, -0.15) is 10.3 Å². The molecule has 0 aliphatic heterocycles. The van der Waals surface area contributed by atoms with Crippen molar-refractivity contribution in [2.75, 3.05) is 0 Å². The number of rotatable bonds is 2. The van der Waals surface area contributed by atoms with E-state index in [0.717, 1.165) is 0 Å². The predicted molar refractivity (Wildman–Crippen MR) is 49.3 cm³/mol. The van der Waals surface area contributed by atoms with Gasteiger partial charge in [0.1, 0.15) is 11.2 Å². The second kappa shape index (κ2) is 3.24. The molecule has 9 nitrogen and oxygen atoms in total. The van der Waals surface area contributed by atoms with Crippen LogP contribution in [0, 0.1) is 10.1 Å². The molecule has 0 aliphatic carbocycles. The van der Waals surface area contributed by atoms with E-state index < -0.39 is 4.92 Å². The van der Waals surface area contributed by atoms with Crippen LogP contribution in [0.3, 0.4) is 0 Å². The van der Waals surface area contributed by atoms with Crippen LogP contribution in [0.1, 0.15) is 0 Å². The lowest BCUT2D eigenvalue weighted by atomic mass is 10.2. The molecule has 1 N–H and O–H groups in total. The van der Waals surface area contributed by atoms with E-state index in [1.54, 1.807) is 0 Å². The normalized spacial score (nSPS) is 9.87. The van der Waals surface area contributed by atoms with Crippen LogP contribution in [0.4, 0.5) is 11.4 Å². The van der Waals surface area contributed by atoms with Gasteiger partial charge in [0.15, 0.2) is 5.52 Å². The molecule has 0 unspecified atom stereocenters. The fourth-order valence-corrected chi connectivity index (χ4v) is 1.20. The third-order valence-corrected chi connectivity index (χ3v) is 1.78. The maximum absolute atomic E-state index is 10.7. The number of fused-ring (bicyclic) bond motifs is 1. The molecule has 0 saturated carbocycles. The van der Waals surface area contributed by atoms with Gasteiger partial charge in [-0.1, -0.05) is 5.11 Å². The lowest BCUT2D eigenvalue weighted by Crippen LogP contribution is -1.90. The van der Waals surface area contributed by atoms with Crippen LogP contribution in [0.5, 0.6) is 0 Å². The molecule has 2 aromatic rings. The Kier molecular flexibility index (Phi) is 1.92. The molecule has 0 atom stereocenters. The van der Waals surface area contributed by atoms with E-state index in [0.29, 0.717) is 5.52 Å². The summed E-state index contributed by atoms with van der Waals surface area (Å²) in [6.45, 7) is 0. The van der Waals surface area contributed by atoms with Crippen molar-refractivity contribution in [3.8, 4) is 0 Å². The van der Waals surface area contributed by atoms with Crippen LogP contribution in [0.2, 0.25) is 0 Å². The molecular weight excluding hydrogens is 202 g/mol. The molecule has 1 aromatic heterocycles. The van der Waals surface area contributed by atoms with E-state index in [1.165, 1.54) is 12.1 Å². The average molecular weight is 205 g/mol. The molecule has 15 heavy (non-hydrogen) atoms. The summed E-state index contributed by atoms with van der Waals surface area (Å²) >= 11 is 0. The number of nitrogens with zero attached hydrogens (tertiary/aromatic N) is 6. The first-order valence-electron chi connectivity index (χ1n) is 3.77. The van der Waals surface area contributed by atoms with E-state index >= 15 is 0 Å². The number of nitro benzene ring substituents is 1.